The van der Waals surface area contributed by atoms with Gasteiger partial charge in [-0.1, -0.05) is 11.8 Å². The van der Waals surface area contributed by atoms with Crippen LogP contribution >= 0.6 is 11.8 Å². The van der Waals surface area contributed by atoms with Crippen molar-refractivity contribution in [2.75, 3.05) is 5.73 Å². The Morgan fingerprint density at radius 3 is 2.78 bits per heavy atom. The van der Waals surface area contributed by atoms with Gasteiger partial charge in [0.15, 0.2) is 5.82 Å². The number of rotatable bonds is 3. The normalized spacial score (nSPS) is 10.0. The van der Waals surface area contributed by atoms with Crippen LogP contribution in [0.2, 0.25) is 0 Å². The van der Waals surface area contributed by atoms with E-state index in [2.05, 4.69) is 9.97 Å². The first-order valence-electron chi connectivity index (χ1n) is 5.08. The van der Waals surface area contributed by atoms with E-state index in [1.165, 1.54) is 30.1 Å². The van der Waals surface area contributed by atoms with E-state index in [9.17, 15) is 4.39 Å². The number of benzene rings is 1. The van der Waals surface area contributed by atoms with E-state index in [1.54, 1.807) is 12.3 Å². The first-order chi connectivity index (χ1) is 8.69. The summed E-state index contributed by atoms with van der Waals surface area (Å²) in [7, 11) is 0. The van der Waals surface area contributed by atoms with Gasteiger partial charge in [-0.3, -0.25) is 0 Å². The molecule has 1 aromatic carbocycles. The molecular weight excluding hydrogens is 251 g/mol. The second-order valence-corrected chi connectivity index (χ2v) is 4.46. The number of nitrogen functional groups attached to an aromatic ring is 1. The van der Waals surface area contributed by atoms with E-state index < -0.39 is 5.82 Å². The molecule has 4 nitrogen and oxygen atoms in total. The molecule has 0 fully saturated rings. The Morgan fingerprint density at radius 1 is 1.28 bits per heavy atom. The number of hydrogen-bond donors (Lipinski definition) is 1. The molecule has 90 valence electrons. The molecule has 6 heteroatoms. The van der Waals surface area contributed by atoms with Crippen LogP contribution in [0, 0.1) is 17.1 Å². The summed E-state index contributed by atoms with van der Waals surface area (Å²) in [4.78, 5) is 7.99. The average molecular weight is 260 g/mol. The Labute approximate surface area is 108 Å². The first-order valence-corrected chi connectivity index (χ1v) is 6.06. The lowest BCUT2D eigenvalue weighted by Crippen LogP contribution is -1.95. The molecule has 1 aromatic heterocycles. The highest BCUT2D eigenvalue weighted by atomic mass is 32.2. The fourth-order valence-corrected chi connectivity index (χ4v) is 2.20. The molecule has 0 unspecified atom stereocenters. The van der Waals surface area contributed by atoms with E-state index in [-0.39, 0.29) is 0 Å². The molecule has 0 spiro atoms. The monoisotopic (exact) mass is 260 g/mol. The third kappa shape index (κ3) is 2.96. The second-order valence-electron chi connectivity index (χ2n) is 3.50. The minimum Gasteiger partial charge on any atom is -0.381 e. The zero-order valence-corrected chi connectivity index (χ0v) is 10.1. The van der Waals surface area contributed by atoms with Gasteiger partial charge in [-0.05, 0) is 23.8 Å². The minimum absolute atomic E-state index is 0.303. The van der Waals surface area contributed by atoms with Crippen molar-refractivity contribution in [3.05, 3.63) is 47.5 Å². The van der Waals surface area contributed by atoms with E-state index in [0.717, 1.165) is 0 Å². The Morgan fingerprint density at radius 2 is 2.06 bits per heavy atom. The Hall–Kier alpha value is -2.13. The van der Waals surface area contributed by atoms with Crippen molar-refractivity contribution in [3.63, 3.8) is 0 Å². The van der Waals surface area contributed by atoms with Gasteiger partial charge in [0.25, 0.3) is 0 Å². The number of halogens is 1. The number of aromatic nitrogens is 2. The Balaban J connectivity index is 2.14. The highest BCUT2D eigenvalue weighted by Crippen LogP contribution is 2.24. The van der Waals surface area contributed by atoms with Crippen molar-refractivity contribution >= 4 is 17.6 Å². The number of anilines is 1. The summed E-state index contributed by atoms with van der Waals surface area (Å²) in [5.74, 6) is 0.408. The average Bonchev–Trinajstić information content (AvgIpc) is 2.37. The van der Waals surface area contributed by atoms with Gasteiger partial charge in [0.2, 0.25) is 0 Å². The van der Waals surface area contributed by atoms with Crippen LogP contribution in [-0.2, 0) is 5.75 Å². The fourth-order valence-electron chi connectivity index (χ4n) is 1.40. The van der Waals surface area contributed by atoms with E-state index in [0.29, 0.717) is 27.7 Å². The van der Waals surface area contributed by atoms with Gasteiger partial charge >= 0.3 is 0 Å². The van der Waals surface area contributed by atoms with Crippen molar-refractivity contribution in [2.24, 2.45) is 0 Å². The lowest BCUT2D eigenvalue weighted by Gasteiger charge is -2.04. The van der Waals surface area contributed by atoms with Gasteiger partial charge in [-0.25, -0.2) is 14.4 Å². The Bertz CT molecular complexity index is 609. The van der Waals surface area contributed by atoms with E-state index in [4.69, 9.17) is 11.0 Å². The second kappa shape index (κ2) is 5.47. The molecule has 0 aliphatic rings. The molecule has 2 N–H and O–H groups in total. The first kappa shape index (κ1) is 12.3. The van der Waals surface area contributed by atoms with Gasteiger partial charge in [-0.15, -0.1) is 0 Å². The molecule has 0 aliphatic heterocycles. The van der Waals surface area contributed by atoms with Crippen LogP contribution in [0.5, 0.6) is 0 Å². The molecule has 0 atom stereocenters. The number of hydrogen-bond acceptors (Lipinski definition) is 5. The number of thioether (sulfide) groups is 1. The van der Waals surface area contributed by atoms with Crippen molar-refractivity contribution in [3.8, 4) is 6.07 Å². The van der Waals surface area contributed by atoms with Crippen molar-refractivity contribution in [1.29, 1.82) is 5.26 Å². The summed E-state index contributed by atoms with van der Waals surface area (Å²) in [6.07, 6.45) is 3.06. The van der Waals surface area contributed by atoms with Crippen molar-refractivity contribution in [1.82, 2.24) is 9.97 Å². The zero-order chi connectivity index (χ0) is 13.0. The van der Waals surface area contributed by atoms with Gasteiger partial charge in [0.1, 0.15) is 10.8 Å². The molecule has 2 aromatic rings. The van der Waals surface area contributed by atoms with Gasteiger partial charge in [0, 0.05) is 18.1 Å². The number of nitriles is 1. The fraction of sp³-hybridized carbons (Fsp3) is 0.0833. The molecule has 18 heavy (non-hydrogen) atoms. The maximum absolute atomic E-state index is 13.2. The summed E-state index contributed by atoms with van der Waals surface area (Å²) in [5, 5.41) is 9.35. The van der Waals surface area contributed by atoms with E-state index in [1.807, 2.05) is 6.07 Å². The van der Waals surface area contributed by atoms with Crippen LogP contribution in [0.1, 0.15) is 11.1 Å². The molecule has 0 bridgehead atoms. The van der Waals surface area contributed by atoms with Crippen molar-refractivity contribution in [2.45, 2.75) is 10.8 Å². The third-order valence-corrected chi connectivity index (χ3v) is 3.22. The van der Waals surface area contributed by atoms with Crippen LogP contribution in [0.15, 0.2) is 35.6 Å². The van der Waals surface area contributed by atoms with Crippen LogP contribution in [0.4, 0.5) is 10.2 Å². The largest absolute Gasteiger partial charge is 0.381 e. The van der Waals surface area contributed by atoms with Gasteiger partial charge in [-0.2, -0.15) is 5.26 Å². The molecule has 0 radical (unpaired) electrons. The molecule has 2 rings (SSSR count). The molecule has 0 amide bonds. The number of nitrogens with zero attached hydrogens (tertiary/aromatic N) is 3. The maximum atomic E-state index is 13.2. The zero-order valence-electron chi connectivity index (χ0n) is 9.30. The molecule has 1 heterocycles. The van der Waals surface area contributed by atoms with Crippen LogP contribution in [-0.4, -0.2) is 9.97 Å². The highest BCUT2D eigenvalue weighted by molar-refractivity contribution is 7.98. The SMILES string of the molecule is N#Cc1cc(F)cc(CSc2nccnc2N)c1. The maximum Gasteiger partial charge on any atom is 0.156 e. The molecule has 0 aliphatic carbocycles. The summed E-state index contributed by atoms with van der Waals surface area (Å²) in [6.45, 7) is 0. The predicted molar refractivity (Wildman–Crippen MR) is 67.1 cm³/mol. The highest BCUT2D eigenvalue weighted by Gasteiger charge is 2.05. The van der Waals surface area contributed by atoms with Crippen LogP contribution in [0.3, 0.4) is 0 Å². The summed E-state index contributed by atoms with van der Waals surface area (Å²) in [5.41, 5.74) is 6.66. The van der Waals surface area contributed by atoms with Crippen molar-refractivity contribution < 1.29 is 4.39 Å². The van der Waals surface area contributed by atoms with Gasteiger partial charge in [0.05, 0.1) is 11.6 Å². The van der Waals surface area contributed by atoms with Crippen LogP contribution in [0.25, 0.3) is 0 Å². The lowest BCUT2D eigenvalue weighted by molar-refractivity contribution is 0.626. The smallest absolute Gasteiger partial charge is 0.156 e. The predicted octanol–water partition coefficient (Wildman–Crippen LogP) is 2.36. The molecule has 0 saturated heterocycles. The topological polar surface area (TPSA) is 75.6 Å². The quantitative estimate of drug-likeness (QED) is 0.857. The van der Waals surface area contributed by atoms with Gasteiger partial charge < -0.3 is 5.73 Å². The molecule has 0 saturated carbocycles. The van der Waals surface area contributed by atoms with Crippen LogP contribution < -0.4 is 5.73 Å². The Kier molecular flexibility index (Phi) is 3.75. The standard InChI is InChI=1S/C12H9FN4S/c13-10-4-8(6-14)3-9(5-10)7-18-12-11(15)16-1-2-17-12/h1-5H,7H2,(H2,15,16). The summed E-state index contributed by atoms with van der Waals surface area (Å²) >= 11 is 1.35. The third-order valence-electron chi connectivity index (χ3n) is 2.15. The number of nitrogens with two attached hydrogens (primary N) is 1. The molecular formula is C12H9FN4S. The van der Waals surface area contributed by atoms with E-state index >= 15 is 0 Å². The summed E-state index contributed by atoms with van der Waals surface area (Å²) < 4.78 is 13.2. The summed E-state index contributed by atoms with van der Waals surface area (Å²) in [6, 6.07) is 6.15. The minimum atomic E-state index is -0.420. The lowest BCUT2D eigenvalue weighted by atomic mass is 10.1.